The van der Waals surface area contributed by atoms with Crippen LogP contribution in [0.4, 0.5) is 11.6 Å². The molecule has 0 fully saturated rings. The minimum Gasteiger partial charge on any atom is -0.372 e. The number of nitrogens with one attached hydrogen (secondary N) is 2. The highest BCUT2D eigenvalue weighted by Crippen LogP contribution is 2.18. The predicted octanol–water partition coefficient (Wildman–Crippen LogP) is 2.76. The summed E-state index contributed by atoms with van der Waals surface area (Å²) in [5.41, 5.74) is 0.878. The van der Waals surface area contributed by atoms with Crippen molar-refractivity contribution in [3.05, 3.63) is 18.6 Å². The Labute approximate surface area is 108 Å². The van der Waals surface area contributed by atoms with E-state index in [9.17, 15) is 0 Å². The summed E-state index contributed by atoms with van der Waals surface area (Å²) in [6.07, 6.45) is 9.07. The number of nitrogens with zero attached hydrogens (tertiary/aromatic N) is 3. The standard InChI is InChI=1S/C13H21N5/c1-4-6-10(5-2)16-12-13-15-7-8-18(13)9-11(14-3)17-12/h7-10,14H,4-6H2,1-3H3,(H,16,17). The largest absolute Gasteiger partial charge is 0.372 e. The molecule has 0 radical (unpaired) electrons. The molecule has 0 aliphatic heterocycles. The van der Waals surface area contributed by atoms with Gasteiger partial charge in [-0.2, -0.15) is 0 Å². The van der Waals surface area contributed by atoms with Crippen LogP contribution >= 0.6 is 0 Å². The summed E-state index contributed by atoms with van der Waals surface area (Å²) in [6, 6.07) is 0.454. The zero-order valence-corrected chi connectivity index (χ0v) is 11.3. The first-order chi connectivity index (χ1) is 8.78. The summed E-state index contributed by atoms with van der Waals surface area (Å²) in [6.45, 7) is 4.39. The van der Waals surface area contributed by atoms with E-state index < -0.39 is 0 Å². The van der Waals surface area contributed by atoms with E-state index >= 15 is 0 Å². The molecule has 5 heteroatoms. The fourth-order valence-electron chi connectivity index (χ4n) is 2.07. The molecule has 0 aromatic carbocycles. The van der Waals surface area contributed by atoms with Gasteiger partial charge in [-0.3, -0.25) is 0 Å². The van der Waals surface area contributed by atoms with Gasteiger partial charge in [0.25, 0.3) is 0 Å². The van der Waals surface area contributed by atoms with E-state index in [0.717, 1.165) is 30.1 Å². The van der Waals surface area contributed by atoms with Gasteiger partial charge in [-0.05, 0) is 12.8 Å². The van der Waals surface area contributed by atoms with Gasteiger partial charge in [-0.1, -0.05) is 20.3 Å². The number of aromatic nitrogens is 3. The lowest BCUT2D eigenvalue weighted by Gasteiger charge is -2.17. The molecule has 1 atom stereocenters. The minimum absolute atomic E-state index is 0.454. The lowest BCUT2D eigenvalue weighted by Crippen LogP contribution is -2.19. The number of hydrogen-bond donors (Lipinski definition) is 2. The zero-order valence-electron chi connectivity index (χ0n) is 11.3. The molecule has 0 spiro atoms. The molecule has 98 valence electrons. The number of hydrogen-bond acceptors (Lipinski definition) is 4. The van der Waals surface area contributed by atoms with Crippen molar-refractivity contribution in [1.29, 1.82) is 0 Å². The summed E-state index contributed by atoms with van der Waals surface area (Å²) < 4.78 is 1.99. The molecule has 1 unspecified atom stereocenters. The fourth-order valence-corrected chi connectivity index (χ4v) is 2.07. The Balaban J connectivity index is 2.32. The molecule has 0 aliphatic carbocycles. The van der Waals surface area contributed by atoms with Crippen LogP contribution in [0.25, 0.3) is 5.65 Å². The van der Waals surface area contributed by atoms with Crippen LogP contribution in [0, 0.1) is 0 Å². The second-order valence-corrected chi connectivity index (χ2v) is 4.42. The molecule has 0 amide bonds. The van der Waals surface area contributed by atoms with E-state index in [1.807, 2.05) is 23.8 Å². The Morgan fingerprint density at radius 2 is 2.22 bits per heavy atom. The molecule has 2 rings (SSSR count). The van der Waals surface area contributed by atoms with E-state index in [1.54, 1.807) is 6.20 Å². The van der Waals surface area contributed by atoms with E-state index in [0.29, 0.717) is 6.04 Å². The van der Waals surface area contributed by atoms with E-state index in [1.165, 1.54) is 6.42 Å². The molecule has 2 N–H and O–H groups in total. The fraction of sp³-hybridized carbons (Fsp3) is 0.538. The van der Waals surface area contributed by atoms with Gasteiger partial charge >= 0.3 is 0 Å². The Kier molecular flexibility index (Phi) is 4.02. The summed E-state index contributed by atoms with van der Waals surface area (Å²) >= 11 is 0. The highest BCUT2D eigenvalue weighted by molar-refractivity contribution is 5.65. The Morgan fingerprint density at radius 1 is 1.39 bits per heavy atom. The first-order valence-electron chi connectivity index (χ1n) is 6.56. The maximum atomic E-state index is 4.56. The molecule has 0 bridgehead atoms. The Morgan fingerprint density at radius 3 is 2.89 bits per heavy atom. The highest BCUT2D eigenvalue weighted by atomic mass is 15.1. The summed E-state index contributed by atoms with van der Waals surface area (Å²) in [5, 5.41) is 6.57. The molecule has 0 saturated heterocycles. The first-order valence-corrected chi connectivity index (χ1v) is 6.56. The Hall–Kier alpha value is -1.78. The molecule has 2 aromatic rings. The van der Waals surface area contributed by atoms with Crippen LogP contribution in [0.3, 0.4) is 0 Å². The zero-order chi connectivity index (χ0) is 13.0. The predicted molar refractivity (Wildman–Crippen MR) is 75.1 cm³/mol. The third-order valence-corrected chi connectivity index (χ3v) is 3.10. The lowest BCUT2D eigenvalue weighted by atomic mass is 10.1. The van der Waals surface area contributed by atoms with Crippen molar-refractivity contribution in [1.82, 2.24) is 14.4 Å². The maximum absolute atomic E-state index is 4.56. The smallest absolute Gasteiger partial charge is 0.180 e. The third-order valence-electron chi connectivity index (χ3n) is 3.10. The van der Waals surface area contributed by atoms with Gasteiger partial charge < -0.3 is 15.0 Å². The molecule has 2 heterocycles. The van der Waals surface area contributed by atoms with Crippen molar-refractivity contribution in [2.45, 2.75) is 39.2 Å². The minimum atomic E-state index is 0.454. The van der Waals surface area contributed by atoms with Crippen molar-refractivity contribution < 1.29 is 0 Å². The first kappa shape index (κ1) is 12.7. The molecule has 0 saturated carbocycles. The number of fused-ring (bicyclic) bond motifs is 1. The van der Waals surface area contributed by atoms with Crippen LogP contribution in [0.2, 0.25) is 0 Å². The van der Waals surface area contributed by atoms with Gasteiger partial charge in [0.05, 0.1) is 6.20 Å². The van der Waals surface area contributed by atoms with Crippen molar-refractivity contribution in [2.75, 3.05) is 17.7 Å². The van der Waals surface area contributed by atoms with Gasteiger partial charge in [0.15, 0.2) is 11.5 Å². The second-order valence-electron chi connectivity index (χ2n) is 4.42. The summed E-state index contributed by atoms with van der Waals surface area (Å²) in [5.74, 6) is 1.70. The number of rotatable bonds is 6. The Bertz CT molecular complexity index is 505. The molecule has 2 aromatic heterocycles. The molecule has 18 heavy (non-hydrogen) atoms. The summed E-state index contributed by atoms with van der Waals surface area (Å²) in [7, 11) is 1.87. The molecule has 5 nitrogen and oxygen atoms in total. The normalized spacial score (nSPS) is 12.6. The molecular formula is C13H21N5. The van der Waals surface area contributed by atoms with E-state index in [4.69, 9.17) is 0 Å². The van der Waals surface area contributed by atoms with Crippen molar-refractivity contribution in [3.63, 3.8) is 0 Å². The monoisotopic (exact) mass is 247 g/mol. The lowest BCUT2D eigenvalue weighted by molar-refractivity contribution is 0.620. The van der Waals surface area contributed by atoms with Gasteiger partial charge in [0, 0.05) is 25.5 Å². The van der Waals surface area contributed by atoms with Crippen LogP contribution < -0.4 is 10.6 Å². The average molecular weight is 247 g/mol. The van der Waals surface area contributed by atoms with Crippen molar-refractivity contribution in [2.24, 2.45) is 0 Å². The van der Waals surface area contributed by atoms with Crippen molar-refractivity contribution in [3.8, 4) is 0 Å². The summed E-state index contributed by atoms with van der Waals surface area (Å²) in [4.78, 5) is 8.91. The highest BCUT2D eigenvalue weighted by Gasteiger charge is 2.11. The van der Waals surface area contributed by atoms with E-state index in [-0.39, 0.29) is 0 Å². The van der Waals surface area contributed by atoms with Gasteiger partial charge in [-0.15, -0.1) is 0 Å². The van der Waals surface area contributed by atoms with Gasteiger partial charge in [-0.25, -0.2) is 9.97 Å². The van der Waals surface area contributed by atoms with Crippen LogP contribution in [-0.4, -0.2) is 27.5 Å². The SMILES string of the molecule is CCCC(CC)Nc1nc(NC)cn2ccnc12. The molecule has 0 aliphatic rings. The van der Waals surface area contributed by atoms with Gasteiger partial charge in [0.1, 0.15) is 5.82 Å². The number of imidazole rings is 1. The average Bonchev–Trinajstić information content (AvgIpc) is 2.86. The van der Waals surface area contributed by atoms with E-state index in [2.05, 4.69) is 34.4 Å². The van der Waals surface area contributed by atoms with Crippen LogP contribution in [0.5, 0.6) is 0 Å². The van der Waals surface area contributed by atoms with Crippen LogP contribution in [-0.2, 0) is 0 Å². The maximum Gasteiger partial charge on any atom is 0.180 e. The quantitative estimate of drug-likeness (QED) is 0.824. The number of anilines is 2. The van der Waals surface area contributed by atoms with Crippen LogP contribution in [0.15, 0.2) is 18.6 Å². The van der Waals surface area contributed by atoms with Gasteiger partial charge in [0.2, 0.25) is 0 Å². The van der Waals surface area contributed by atoms with Crippen molar-refractivity contribution >= 4 is 17.3 Å². The third kappa shape index (κ3) is 2.55. The molecular weight excluding hydrogens is 226 g/mol. The topological polar surface area (TPSA) is 54.2 Å². The van der Waals surface area contributed by atoms with Crippen LogP contribution in [0.1, 0.15) is 33.1 Å². The second kappa shape index (κ2) is 5.71.